The first-order valence-corrected chi connectivity index (χ1v) is 10.7. The van der Waals surface area contributed by atoms with Gasteiger partial charge in [0.2, 0.25) is 10.0 Å². The third kappa shape index (κ3) is 4.44. The molecule has 0 amide bonds. The fourth-order valence-electron chi connectivity index (χ4n) is 2.45. The zero-order valence-corrected chi connectivity index (χ0v) is 16.1. The van der Waals surface area contributed by atoms with Crippen molar-refractivity contribution in [3.05, 3.63) is 28.3 Å². The molecule has 2 N–H and O–H groups in total. The number of nitrogens with one attached hydrogen (secondary N) is 2. The maximum Gasteiger partial charge on any atom is 0.250 e. The highest BCUT2D eigenvalue weighted by molar-refractivity contribution is 9.11. The van der Waals surface area contributed by atoms with E-state index in [2.05, 4.69) is 40.8 Å². The largest absolute Gasteiger partial charge is 0.369 e. The molecule has 0 aliphatic carbocycles. The number of halogens is 1. The van der Waals surface area contributed by atoms with Gasteiger partial charge < -0.3 is 10.2 Å². The number of hydrogen-bond acceptors (Lipinski definition) is 7. The Morgan fingerprint density at radius 2 is 2.00 bits per heavy atom. The Morgan fingerprint density at radius 1 is 1.21 bits per heavy atom. The molecule has 10 heteroatoms. The van der Waals surface area contributed by atoms with E-state index in [9.17, 15) is 8.42 Å². The van der Waals surface area contributed by atoms with Gasteiger partial charge in [-0.05, 0) is 40.9 Å². The average Bonchev–Trinajstić information content (AvgIpc) is 3.23. The van der Waals surface area contributed by atoms with E-state index in [1.54, 1.807) is 12.1 Å². The summed E-state index contributed by atoms with van der Waals surface area (Å²) >= 11 is 4.45. The molecular formula is C14H18BrN5O2S2. The summed E-state index contributed by atoms with van der Waals surface area (Å²) in [6.07, 6.45) is 3.91. The summed E-state index contributed by atoms with van der Waals surface area (Å²) in [6, 6.07) is 5.20. The van der Waals surface area contributed by atoms with Gasteiger partial charge in [-0.2, -0.15) is 0 Å². The van der Waals surface area contributed by atoms with Crippen LogP contribution in [0.5, 0.6) is 0 Å². The van der Waals surface area contributed by atoms with Crippen molar-refractivity contribution in [2.24, 2.45) is 0 Å². The van der Waals surface area contributed by atoms with Gasteiger partial charge in [-0.25, -0.2) is 23.1 Å². The van der Waals surface area contributed by atoms with Gasteiger partial charge in [-0.3, -0.25) is 0 Å². The number of sulfonamides is 1. The minimum Gasteiger partial charge on any atom is -0.369 e. The van der Waals surface area contributed by atoms with Gasteiger partial charge in [-0.1, -0.05) is 0 Å². The molecule has 0 saturated carbocycles. The molecule has 1 aliphatic heterocycles. The minimum atomic E-state index is -3.46. The standard InChI is InChI=1S/C14H18BrN5O2S2/c15-11-3-4-14(23-11)24(21,22)19-6-5-16-12-9-13(18-10-17-12)20-7-1-2-8-20/h3-4,9-10,19H,1-2,5-8H2,(H,16,17,18). The predicted octanol–water partition coefficient (Wildman–Crippen LogP) is 2.29. The van der Waals surface area contributed by atoms with E-state index in [4.69, 9.17) is 0 Å². The zero-order chi connectivity index (χ0) is 17.0. The van der Waals surface area contributed by atoms with Crippen molar-refractivity contribution in [3.63, 3.8) is 0 Å². The summed E-state index contributed by atoms with van der Waals surface area (Å²) in [5, 5.41) is 3.13. The van der Waals surface area contributed by atoms with Crippen LogP contribution in [0, 0.1) is 0 Å². The van der Waals surface area contributed by atoms with Crippen molar-refractivity contribution in [2.45, 2.75) is 17.1 Å². The van der Waals surface area contributed by atoms with Crippen LogP contribution >= 0.6 is 27.3 Å². The van der Waals surface area contributed by atoms with Crippen molar-refractivity contribution in [1.82, 2.24) is 14.7 Å². The number of thiophene rings is 1. The lowest BCUT2D eigenvalue weighted by Gasteiger charge is -2.16. The normalized spacial score (nSPS) is 15.0. The monoisotopic (exact) mass is 431 g/mol. The number of hydrogen-bond donors (Lipinski definition) is 2. The maximum absolute atomic E-state index is 12.1. The summed E-state index contributed by atoms with van der Waals surface area (Å²) in [4.78, 5) is 10.7. The third-order valence-corrected chi connectivity index (χ3v) is 7.20. The Balaban J connectivity index is 1.50. The lowest BCUT2D eigenvalue weighted by molar-refractivity contribution is 0.585. The second-order valence-electron chi connectivity index (χ2n) is 5.34. The van der Waals surface area contributed by atoms with Crippen molar-refractivity contribution < 1.29 is 8.42 Å². The number of rotatable bonds is 7. The highest BCUT2D eigenvalue weighted by Gasteiger charge is 2.16. The SMILES string of the molecule is O=S(=O)(NCCNc1cc(N2CCCC2)ncn1)c1ccc(Br)s1. The summed E-state index contributed by atoms with van der Waals surface area (Å²) in [6.45, 7) is 2.77. The Kier molecular flexibility index (Phi) is 5.69. The first kappa shape index (κ1) is 17.6. The lowest BCUT2D eigenvalue weighted by Crippen LogP contribution is -2.28. The molecule has 130 valence electrons. The van der Waals surface area contributed by atoms with Crippen LogP contribution in [-0.4, -0.2) is 44.6 Å². The van der Waals surface area contributed by atoms with Gasteiger partial charge >= 0.3 is 0 Å². The van der Waals surface area contributed by atoms with Crippen LogP contribution in [0.15, 0.2) is 32.5 Å². The Labute approximate surface area is 153 Å². The molecule has 0 spiro atoms. The van der Waals surface area contributed by atoms with E-state index in [1.165, 1.54) is 30.5 Å². The quantitative estimate of drug-likeness (QED) is 0.653. The number of anilines is 2. The molecule has 0 atom stereocenters. The van der Waals surface area contributed by atoms with Crippen LogP contribution in [0.1, 0.15) is 12.8 Å². The van der Waals surface area contributed by atoms with E-state index in [1.807, 2.05) is 6.07 Å². The first-order chi connectivity index (χ1) is 11.5. The smallest absolute Gasteiger partial charge is 0.250 e. The van der Waals surface area contributed by atoms with Gasteiger partial charge in [0.25, 0.3) is 0 Å². The topological polar surface area (TPSA) is 87.2 Å². The molecule has 24 heavy (non-hydrogen) atoms. The second kappa shape index (κ2) is 7.77. The van der Waals surface area contributed by atoms with E-state index < -0.39 is 10.0 Å². The average molecular weight is 432 g/mol. The molecule has 7 nitrogen and oxygen atoms in total. The fourth-order valence-corrected chi connectivity index (χ4v) is 5.54. The van der Waals surface area contributed by atoms with Crippen LogP contribution < -0.4 is 14.9 Å². The van der Waals surface area contributed by atoms with Crippen molar-refractivity contribution in [1.29, 1.82) is 0 Å². The van der Waals surface area contributed by atoms with Crippen molar-refractivity contribution in [3.8, 4) is 0 Å². The zero-order valence-electron chi connectivity index (χ0n) is 12.9. The van der Waals surface area contributed by atoms with Crippen molar-refractivity contribution >= 4 is 48.9 Å². The molecule has 3 rings (SSSR count). The molecular weight excluding hydrogens is 414 g/mol. The van der Waals surface area contributed by atoms with E-state index in [0.717, 1.165) is 22.7 Å². The summed E-state index contributed by atoms with van der Waals surface area (Å²) in [5.74, 6) is 1.61. The van der Waals surface area contributed by atoms with Crippen molar-refractivity contribution in [2.75, 3.05) is 36.4 Å². The van der Waals surface area contributed by atoms with E-state index in [-0.39, 0.29) is 6.54 Å². The molecule has 1 saturated heterocycles. The highest BCUT2D eigenvalue weighted by Crippen LogP contribution is 2.25. The first-order valence-electron chi connectivity index (χ1n) is 7.60. The van der Waals surface area contributed by atoms with Gasteiger partial charge in [0, 0.05) is 32.2 Å². The van der Waals surface area contributed by atoms with Crippen LogP contribution in [0.4, 0.5) is 11.6 Å². The van der Waals surface area contributed by atoms with Crippen LogP contribution in [0.25, 0.3) is 0 Å². The van der Waals surface area contributed by atoms with E-state index >= 15 is 0 Å². The number of nitrogens with zero attached hydrogens (tertiary/aromatic N) is 3. The van der Waals surface area contributed by atoms with Crippen LogP contribution in [0.2, 0.25) is 0 Å². The minimum absolute atomic E-state index is 0.279. The van der Waals surface area contributed by atoms with Crippen LogP contribution in [0.3, 0.4) is 0 Å². The Morgan fingerprint density at radius 3 is 2.71 bits per heavy atom. The molecule has 0 aromatic carbocycles. The maximum atomic E-state index is 12.1. The Bertz CT molecular complexity index is 790. The molecule has 3 heterocycles. The molecule has 0 unspecified atom stereocenters. The molecule has 0 bridgehead atoms. The number of aromatic nitrogens is 2. The second-order valence-corrected chi connectivity index (χ2v) is 9.80. The summed E-state index contributed by atoms with van der Waals surface area (Å²) in [5.41, 5.74) is 0. The highest BCUT2D eigenvalue weighted by atomic mass is 79.9. The fraction of sp³-hybridized carbons (Fsp3) is 0.429. The lowest BCUT2D eigenvalue weighted by atomic mass is 10.4. The molecule has 2 aromatic heterocycles. The molecule has 0 radical (unpaired) electrons. The third-order valence-electron chi connectivity index (χ3n) is 3.62. The summed E-state index contributed by atoms with van der Waals surface area (Å²) in [7, 11) is -3.46. The van der Waals surface area contributed by atoms with Gasteiger partial charge in [0.15, 0.2) is 0 Å². The predicted molar refractivity (Wildman–Crippen MR) is 99.2 cm³/mol. The van der Waals surface area contributed by atoms with Gasteiger partial charge in [-0.15, -0.1) is 11.3 Å². The van der Waals surface area contributed by atoms with Gasteiger partial charge in [0.05, 0.1) is 3.79 Å². The van der Waals surface area contributed by atoms with E-state index in [0.29, 0.717) is 16.6 Å². The van der Waals surface area contributed by atoms with Gasteiger partial charge in [0.1, 0.15) is 22.2 Å². The van der Waals surface area contributed by atoms with Crippen LogP contribution in [-0.2, 0) is 10.0 Å². The summed E-state index contributed by atoms with van der Waals surface area (Å²) < 4.78 is 27.9. The molecule has 2 aromatic rings. The Hall–Kier alpha value is -1.23. The molecule has 1 aliphatic rings. The molecule has 1 fully saturated rings.